The van der Waals surface area contributed by atoms with E-state index in [4.69, 9.17) is 16.3 Å². The minimum atomic E-state index is -0.490. The second-order valence-corrected chi connectivity index (χ2v) is 10.9. The van der Waals surface area contributed by atoms with Crippen molar-refractivity contribution < 1.29 is 14.3 Å². The van der Waals surface area contributed by atoms with Crippen LogP contribution in [0.5, 0.6) is 0 Å². The molecule has 7 rings (SSSR count). The lowest BCUT2D eigenvalue weighted by Gasteiger charge is -2.42. The van der Waals surface area contributed by atoms with E-state index in [0.29, 0.717) is 53.0 Å². The van der Waals surface area contributed by atoms with E-state index in [9.17, 15) is 9.59 Å². The van der Waals surface area contributed by atoms with Gasteiger partial charge in [0.05, 0.1) is 16.8 Å². The number of hydrogen-bond donors (Lipinski definition) is 0. The number of para-hydroxylation sites is 1. The van der Waals surface area contributed by atoms with Crippen molar-refractivity contribution in [3.05, 3.63) is 125 Å². The van der Waals surface area contributed by atoms with Crippen molar-refractivity contribution in [2.45, 2.75) is 18.4 Å². The van der Waals surface area contributed by atoms with Crippen molar-refractivity contribution in [1.29, 1.82) is 0 Å². The molecule has 41 heavy (non-hydrogen) atoms. The minimum Gasteiger partial charge on any atom is -0.472 e. The third-order valence-electron chi connectivity index (χ3n) is 8.16. The Morgan fingerprint density at radius 3 is 2.39 bits per heavy atom. The molecule has 0 unspecified atom stereocenters. The number of ether oxygens (including phenoxy) is 1. The average molecular weight is 560 g/mol. The van der Waals surface area contributed by atoms with Gasteiger partial charge in [-0.3, -0.25) is 14.2 Å². The molecule has 1 spiro atoms. The van der Waals surface area contributed by atoms with E-state index in [0.717, 1.165) is 22.4 Å². The maximum atomic E-state index is 13.9. The Labute approximate surface area is 242 Å². The first kappa shape index (κ1) is 25.3. The lowest BCUT2D eigenvalue weighted by atomic mass is 9.82. The molecule has 1 saturated heterocycles. The fraction of sp³-hybridized carbons (Fsp3) is 0.147. The van der Waals surface area contributed by atoms with Crippen LogP contribution in [0.1, 0.15) is 39.1 Å². The number of nitrogens with zero attached hydrogens (tertiary/aromatic N) is 3. The number of rotatable bonds is 3. The summed E-state index contributed by atoms with van der Waals surface area (Å²) in [7, 11) is 0. The first-order valence-corrected chi connectivity index (χ1v) is 14.0. The molecule has 3 heterocycles. The second kappa shape index (κ2) is 10.1. The lowest BCUT2D eigenvalue weighted by Crippen LogP contribution is -2.47. The van der Waals surface area contributed by atoms with Gasteiger partial charge in [0.1, 0.15) is 5.60 Å². The maximum absolute atomic E-state index is 13.9. The summed E-state index contributed by atoms with van der Waals surface area (Å²) in [5.74, 6) is -0.340. The lowest BCUT2D eigenvalue weighted by molar-refractivity contribution is -0.00614. The largest absolute Gasteiger partial charge is 0.472 e. The van der Waals surface area contributed by atoms with Crippen LogP contribution in [0.3, 0.4) is 0 Å². The number of halogens is 1. The number of amides is 1. The van der Waals surface area contributed by atoms with Gasteiger partial charge in [-0.25, -0.2) is 4.99 Å². The fourth-order valence-corrected chi connectivity index (χ4v) is 6.15. The Kier molecular flexibility index (Phi) is 6.20. The number of benzene rings is 4. The van der Waals surface area contributed by atoms with E-state index < -0.39 is 5.60 Å². The van der Waals surface area contributed by atoms with E-state index in [-0.39, 0.29) is 11.8 Å². The fourth-order valence-electron chi connectivity index (χ4n) is 5.99. The summed E-state index contributed by atoms with van der Waals surface area (Å²) in [6.07, 6.45) is 4.48. The summed E-state index contributed by atoms with van der Waals surface area (Å²) in [6.45, 7) is 1.04. The Hall–Kier alpha value is -4.68. The van der Waals surface area contributed by atoms with Crippen molar-refractivity contribution in [2.75, 3.05) is 13.1 Å². The van der Waals surface area contributed by atoms with Crippen LogP contribution in [0.4, 0.5) is 5.69 Å². The minimum absolute atomic E-state index is 0.116. The zero-order valence-corrected chi connectivity index (χ0v) is 22.9. The van der Waals surface area contributed by atoms with Gasteiger partial charge in [0.2, 0.25) is 0 Å². The molecule has 6 nitrogen and oxygen atoms in total. The molecule has 0 atom stereocenters. The van der Waals surface area contributed by atoms with Crippen LogP contribution in [0.15, 0.2) is 108 Å². The highest BCUT2D eigenvalue weighted by Gasteiger charge is 2.42. The Balaban J connectivity index is 1.20. The molecule has 4 aromatic carbocycles. The Bertz CT molecular complexity index is 1840. The normalized spacial score (nSPS) is 15.5. The van der Waals surface area contributed by atoms with Crippen LogP contribution in [-0.2, 0) is 10.3 Å². The molecule has 0 aliphatic carbocycles. The molecule has 2 aliphatic heterocycles. The number of carbonyl (C=O) groups is 2. The number of carbonyl (C=O) groups excluding carboxylic acids is 2. The molecule has 5 aromatic rings. The third kappa shape index (κ3) is 4.41. The number of aliphatic imine (C=N–C) groups is 1. The Morgan fingerprint density at radius 2 is 1.56 bits per heavy atom. The summed E-state index contributed by atoms with van der Waals surface area (Å²) >= 11 is 6.36. The van der Waals surface area contributed by atoms with Crippen LogP contribution in [0.2, 0.25) is 5.02 Å². The van der Waals surface area contributed by atoms with Gasteiger partial charge in [0.15, 0.2) is 6.40 Å². The summed E-state index contributed by atoms with van der Waals surface area (Å²) in [5, 5.41) is 1.19. The first-order valence-electron chi connectivity index (χ1n) is 13.6. The van der Waals surface area contributed by atoms with Gasteiger partial charge < -0.3 is 9.64 Å². The van der Waals surface area contributed by atoms with Crippen molar-refractivity contribution >= 4 is 46.4 Å². The number of likely N-dealkylation sites (tertiary alicyclic amines) is 1. The maximum Gasteiger partial charge on any atom is 0.262 e. The zero-order chi connectivity index (χ0) is 28.0. The van der Waals surface area contributed by atoms with Crippen molar-refractivity contribution in [3.63, 3.8) is 0 Å². The Morgan fingerprint density at radius 1 is 0.805 bits per heavy atom. The summed E-state index contributed by atoms with van der Waals surface area (Å²) in [5.41, 5.74) is 5.06. The van der Waals surface area contributed by atoms with Crippen LogP contribution in [-0.4, -0.2) is 40.8 Å². The van der Waals surface area contributed by atoms with Crippen LogP contribution in [0, 0.1) is 0 Å². The molecule has 1 amide bonds. The van der Waals surface area contributed by atoms with Crippen molar-refractivity contribution in [3.8, 4) is 11.1 Å². The third-order valence-corrected chi connectivity index (χ3v) is 8.39. The molecule has 0 bridgehead atoms. The molecule has 202 valence electrons. The van der Waals surface area contributed by atoms with Crippen LogP contribution < -0.4 is 0 Å². The van der Waals surface area contributed by atoms with E-state index in [2.05, 4.69) is 11.1 Å². The molecule has 2 aliphatic rings. The molecular weight excluding hydrogens is 534 g/mol. The van der Waals surface area contributed by atoms with Gasteiger partial charge in [-0.05, 0) is 41.5 Å². The van der Waals surface area contributed by atoms with Gasteiger partial charge in [-0.1, -0.05) is 78.3 Å². The van der Waals surface area contributed by atoms with Gasteiger partial charge in [0.25, 0.3) is 11.8 Å². The quantitative estimate of drug-likeness (QED) is 0.230. The second-order valence-electron chi connectivity index (χ2n) is 10.5. The van der Waals surface area contributed by atoms with Crippen LogP contribution >= 0.6 is 11.6 Å². The smallest absolute Gasteiger partial charge is 0.262 e. The molecule has 0 N–H and O–H groups in total. The van der Waals surface area contributed by atoms with Gasteiger partial charge in [0, 0.05) is 53.7 Å². The summed E-state index contributed by atoms with van der Waals surface area (Å²) in [4.78, 5) is 34.0. The molecule has 0 radical (unpaired) electrons. The number of aromatic nitrogens is 1. The van der Waals surface area contributed by atoms with E-state index in [1.165, 1.54) is 6.40 Å². The van der Waals surface area contributed by atoms with Crippen molar-refractivity contribution in [1.82, 2.24) is 9.47 Å². The van der Waals surface area contributed by atoms with Gasteiger partial charge in [-0.2, -0.15) is 0 Å². The molecular formula is C34H26ClN3O3. The zero-order valence-electron chi connectivity index (χ0n) is 22.2. The summed E-state index contributed by atoms with van der Waals surface area (Å²) < 4.78 is 7.63. The van der Waals surface area contributed by atoms with Gasteiger partial charge >= 0.3 is 0 Å². The molecule has 1 fully saturated rings. The predicted molar refractivity (Wildman–Crippen MR) is 161 cm³/mol. The van der Waals surface area contributed by atoms with Gasteiger partial charge in [-0.15, -0.1) is 0 Å². The SMILES string of the molecule is O=C(c1cn(C(=O)c2cccc(-c3ccccc3)c2)c2cc(Cl)ccc12)N1CCC2(CC1)OC=Nc1ccccc12. The van der Waals surface area contributed by atoms with Crippen molar-refractivity contribution in [2.24, 2.45) is 4.99 Å². The van der Waals surface area contributed by atoms with E-state index >= 15 is 0 Å². The predicted octanol–water partition coefficient (Wildman–Crippen LogP) is 7.47. The standard InChI is InChI=1S/C34H26ClN3O3/c35-26-13-14-27-28(33(40)37-17-15-34(16-18-37)29-11-4-5-12-30(29)36-22-41-34)21-38(31(27)20-26)32(39)25-10-6-9-24(19-25)23-7-2-1-3-8-23/h1-14,19-22H,15-18H2. The highest BCUT2D eigenvalue weighted by molar-refractivity contribution is 6.31. The molecule has 7 heteroatoms. The van der Waals surface area contributed by atoms with Crippen LogP contribution in [0.25, 0.3) is 22.0 Å². The molecule has 0 saturated carbocycles. The number of fused-ring (bicyclic) bond motifs is 3. The topological polar surface area (TPSA) is 63.9 Å². The molecule has 1 aromatic heterocycles. The highest BCUT2D eigenvalue weighted by Crippen LogP contribution is 2.43. The van der Waals surface area contributed by atoms with E-state index in [1.807, 2.05) is 77.7 Å². The van der Waals surface area contributed by atoms with E-state index in [1.54, 1.807) is 29.0 Å². The first-order chi connectivity index (χ1) is 20.0. The number of hydrogen-bond acceptors (Lipinski definition) is 4. The monoisotopic (exact) mass is 559 g/mol. The average Bonchev–Trinajstić information content (AvgIpc) is 3.40. The summed E-state index contributed by atoms with van der Waals surface area (Å²) in [6, 6.07) is 30.8. The highest BCUT2D eigenvalue weighted by atomic mass is 35.5. The number of piperidine rings is 1.